The minimum Gasteiger partial charge on any atom is -0.371 e. The van der Waals surface area contributed by atoms with E-state index in [1.807, 2.05) is 36.7 Å². The van der Waals surface area contributed by atoms with E-state index in [9.17, 15) is 0 Å². The lowest BCUT2D eigenvalue weighted by Gasteiger charge is -2.23. The van der Waals surface area contributed by atoms with Gasteiger partial charge in [-0.2, -0.15) is 0 Å². The van der Waals surface area contributed by atoms with Crippen LogP contribution in [0.3, 0.4) is 0 Å². The van der Waals surface area contributed by atoms with Gasteiger partial charge in [-0.15, -0.1) is 0 Å². The highest BCUT2D eigenvalue weighted by molar-refractivity contribution is 5.49. The van der Waals surface area contributed by atoms with Crippen molar-refractivity contribution in [3.63, 3.8) is 0 Å². The van der Waals surface area contributed by atoms with E-state index in [1.54, 1.807) is 0 Å². The molecule has 4 nitrogen and oxygen atoms in total. The SMILES string of the molecule is c1ccc(CO[C@@H]2CCC[C@H]2n2ccnc2-c2ccccn2)cc1. The second kappa shape index (κ2) is 6.97. The zero-order valence-corrected chi connectivity index (χ0v) is 13.6. The summed E-state index contributed by atoms with van der Waals surface area (Å²) < 4.78 is 8.49. The number of aromatic nitrogens is 3. The van der Waals surface area contributed by atoms with E-state index < -0.39 is 0 Å². The van der Waals surface area contributed by atoms with Gasteiger partial charge in [0.05, 0.1) is 18.8 Å². The summed E-state index contributed by atoms with van der Waals surface area (Å²) in [6.45, 7) is 0.662. The van der Waals surface area contributed by atoms with Gasteiger partial charge in [-0.25, -0.2) is 4.98 Å². The Morgan fingerprint density at radius 3 is 2.67 bits per heavy atom. The molecule has 122 valence electrons. The fourth-order valence-corrected chi connectivity index (χ4v) is 3.47. The molecule has 0 amide bonds. The molecule has 1 fully saturated rings. The van der Waals surface area contributed by atoms with E-state index in [1.165, 1.54) is 12.0 Å². The molecule has 3 aromatic rings. The van der Waals surface area contributed by atoms with E-state index >= 15 is 0 Å². The Kier molecular flexibility index (Phi) is 4.38. The summed E-state index contributed by atoms with van der Waals surface area (Å²) in [5.41, 5.74) is 2.13. The Morgan fingerprint density at radius 1 is 0.958 bits per heavy atom. The fraction of sp³-hybridized carbons (Fsp3) is 0.300. The number of hydrogen-bond donors (Lipinski definition) is 0. The predicted octanol–water partition coefficient (Wildman–Crippen LogP) is 4.26. The summed E-state index contributed by atoms with van der Waals surface area (Å²) >= 11 is 0. The number of imidazole rings is 1. The zero-order chi connectivity index (χ0) is 16.2. The first-order valence-corrected chi connectivity index (χ1v) is 8.51. The highest BCUT2D eigenvalue weighted by atomic mass is 16.5. The van der Waals surface area contributed by atoms with Crippen LogP contribution in [-0.2, 0) is 11.3 Å². The van der Waals surface area contributed by atoms with Crippen LogP contribution < -0.4 is 0 Å². The van der Waals surface area contributed by atoms with Crippen molar-refractivity contribution in [3.8, 4) is 11.5 Å². The van der Waals surface area contributed by atoms with Crippen molar-refractivity contribution in [2.75, 3.05) is 0 Å². The van der Waals surface area contributed by atoms with Gasteiger partial charge in [0.1, 0.15) is 5.69 Å². The summed E-state index contributed by atoms with van der Waals surface area (Å²) in [6.07, 6.45) is 9.35. The van der Waals surface area contributed by atoms with Gasteiger partial charge in [-0.1, -0.05) is 36.4 Å². The highest BCUT2D eigenvalue weighted by Gasteiger charge is 2.31. The number of hydrogen-bond acceptors (Lipinski definition) is 3. The van der Waals surface area contributed by atoms with Gasteiger partial charge in [0, 0.05) is 18.6 Å². The molecule has 0 saturated heterocycles. The standard InChI is InChI=1S/C20H21N3O/c1-2-7-16(8-3-1)15-24-19-11-6-10-18(19)23-14-13-22-20(23)17-9-4-5-12-21-17/h1-5,7-9,12-14,18-19H,6,10-11,15H2/t18-,19-/m1/s1. The lowest BCUT2D eigenvalue weighted by molar-refractivity contribution is 0.0198. The molecule has 2 heterocycles. The Morgan fingerprint density at radius 2 is 1.83 bits per heavy atom. The van der Waals surface area contributed by atoms with E-state index in [2.05, 4.69) is 45.0 Å². The molecule has 1 aliphatic rings. The van der Waals surface area contributed by atoms with Gasteiger partial charge < -0.3 is 9.30 Å². The summed E-state index contributed by atoms with van der Waals surface area (Å²) in [5, 5.41) is 0. The lowest BCUT2D eigenvalue weighted by atomic mass is 10.2. The number of benzene rings is 1. The van der Waals surface area contributed by atoms with Crippen LogP contribution in [0.25, 0.3) is 11.5 Å². The summed E-state index contributed by atoms with van der Waals surface area (Å²) in [5.74, 6) is 0.927. The molecule has 0 aliphatic heterocycles. The molecule has 2 atom stereocenters. The molecular formula is C20H21N3O. The lowest BCUT2D eigenvalue weighted by Crippen LogP contribution is -2.22. The number of ether oxygens (including phenoxy) is 1. The van der Waals surface area contributed by atoms with Crippen molar-refractivity contribution in [3.05, 3.63) is 72.7 Å². The van der Waals surface area contributed by atoms with Crippen LogP contribution in [0.4, 0.5) is 0 Å². The molecule has 1 aromatic carbocycles. The van der Waals surface area contributed by atoms with Gasteiger partial charge in [-0.3, -0.25) is 4.98 Å². The van der Waals surface area contributed by atoms with Crippen LogP contribution in [0.5, 0.6) is 0 Å². The van der Waals surface area contributed by atoms with E-state index in [0.29, 0.717) is 12.6 Å². The summed E-state index contributed by atoms with van der Waals surface area (Å²) in [4.78, 5) is 8.98. The molecular weight excluding hydrogens is 298 g/mol. The fourth-order valence-electron chi connectivity index (χ4n) is 3.47. The summed E-state index contributed by atoms with van der Waals surface area (Å²) in [6, 6.07) is 16.6. The monoisotopic (exact) mass is 319 g/mol. The Bertz CT molecular complexity index is 770. The molecule has 4 heteroatoms. The quantitative estimate of drug-likeness (QED) is 0.705. The van der Waals surface area contributed by atoms with Crippen LogP contribution in [0.1, 0.15) is 30.9 Å². The third kappa shape index (κ3) is 3.10. The smallest absolute Gasteiger partial charge is 0.158 e. The van der Waals surface area contributed by atoms with E-state index in [0.717, 1.165) is 24.4 Å². The van der Waals surface area contributed by atoms with Gasteiger partial charge in [0.15, 0.2) is 5.82 Å². The number of nitrogens with zero attached hydrogens (tertiary/aromatic N) is 3. The third-order valence-corrected chi connectivity index (χ3v) is 4.64. The van der Waals surface area contributed by atoms with Crippen molar-refractivity contribution in [2.45, 2.75) is 38.0 Å². The summed E-state index contributed by atoms with van der Waals surface area (Å²) in [7, 11) is 0. The minimum absolute atomic E-state index is 0.224. The molecule has 0 bridgehead atoms. The molecule has 0 unspecified atom stereocenters. The number of rotatable bonds is 5. The second-order valence-electron chi connectivity index (χ2n) is 6.21. The maximum absolute atomic E-state index is 6.25. The second-order valence-corrected chi connectivity index (χ2v) is 6.21. The van der Waals surface area contributed by atoms with Crippen LogP contribution in [0, 0.1) is 0 Å². The van der Waals surface area contributed by atoms with E-state index in [4.69, 9.17) is 4.74 Å². The first-order chi connectivity index (χ1) is 11.9. The van der Waals surface area contributed by atoms with Gasteiger partial charge in [-0.05, 0) is 37.0 Å². The molecule has 2 aromatic heterocycles. The predicted molar refractivity (Wildman–Crippen MR) is 93.4 cm³/mol. The van der Waals surface area contributed by atoms with Gasteiger partial charge in [0.2, 0.25) is 0 Å². The molecule has 24 heavy (non-hydrogen) atoms. The van der Waals surface area contributed by atoms with Crippen molar-refractivity contribution >= 4 is 0 Å². The molecule has 4 rings (SSSR count). The van der Waals surface area contributed by atoms with Crippen LogP contribution in [0.15, 0.2) is 67.1 Å². The Balaban J connectivity index is 1.52. The van der Waals surface area contributed by atoms with Crippen molar-refractivity contribution in [1.29, 1.82) is 0 Å². The van der Waals surface area contributed by atoms with Gasteiger partial charge >= 0.3 is 0 Å². The average molecular weight is 319 g/mol. The largest absolute Gasteiger partial charge is 0.371 e. The highest BCUT2D eigenvalue weighted by Crippen LogP contribution is 2.35. The van der Waals surface area contributed by atoms with E-state index in [-0.39, 0.29) is 6.10 Å². The van der Waals surface area contributed by atoms with Crippen LogP contribution in [-0.4, -0.2) is 20.6 Å². The third-order valence-electron chi connectivity index (χ3n) is 4.64. The van der Waals surface area contributed by atoms with Gasteiger partial charge in [0.25, 0.3) is 0 Å². The zero-order valence-electron chi connectivity index (χ0n) is 13.6. The molecule has 0 N–H and O–H groups in total. The van der Waals surface area contributed by atoms with Crippen molar-refractivity contribution < 1.29 is 4.74 Å². The maximum Gasteiger partial charge on any atom is 0.158 e. The topological polar surface area (TPSA) is 39.9 Å². The van der Waals surface area contributed by atoms with Crippen LogP contribution >= 0.6 is 0 Å². The first kappa shape index (κ1) is 15.1. The Labute approximate surface area is 142 Å². The van der Waals surface area contributed by atoms with Crippen molar-refractivity contribution in [2.24, 2.45) is 0 Å². The molecule has 0 spiro atoms. The first-order valence-electron chi connectivity index (χ1n) is 8.51. The minimum atomic E-state index is 0.224. The van der Waals surface area contributed by atoms with Crippen LogP contribution in [0.2, 0.25) is 0 Å². The molecule has 0 radical (unpaired) electrons. The maximum atomic E-state index is 6.25. The van der Waals surface area contributed by atoms with Crippen molar-refractivity contribution in [1.82, 2.24) is 14.5 Å². The molecule has 1 aliphatic carbocycles. The Hall–Kier alpha value is -2.46. The average Bonchev–Trinajstić information content (AvgIpc) is 3.30. The molecule has 1 saturated carbocycles. The number of pyridine rings is 1. The normalized spacial score (nSPS) is 20.3.